The predicted octanol–water partition coefficient (Wildman–Crippen LogP) is 0.456. The molecule has 0 aromatic heterocycles. The zero-order valence-corrected chi connectivity index (χ0v) is 5.51. The Morgan fingerprint density at radius 2 is 2.56 bits per heavy atom. The lowest BCUT2D eigenvalue weighted by Crippen LogP contribution is -2.04. The van der Waals surface area contributed by atoms with Gasteiger partial charge in [-0.3, -0.25) is 0 Å². The first-order valence-electron chi connectivity index (χ1n) is 2.24. The van der Waals surface area contributed by atoms with E-state index in [4.69, 9.17) is 5.11 Å². The molecule has 50 valence electrons. The lowest BCUT2D eigenvalue weighted by atomic mass is 10.5. The van der Waals surface area contributed by atoms with Crippen LogP contribution in [0.1, 0.15) is 6.92 Å². The van der Waals surface area contributed by atoms with Gasteiger partial charge >= 0.3 is 11.3 Å². The first kappa shape index (κ1) is 6.28. The van der Waals surface area contributed by atoms with Crippen molar-refractivity contribution >= 4 is 17.2 Å². The fourth-order valence-electron chi connectivity index (χ4n) is 0.440. The Kier molecular flexibility index (Phi) is 1.52. The molecule has 1 unspecified atom stereocenters. The molecule has 1 N–H and O–H groups in total. The van der Waals surface area contributed by atoms with E-state index in [0.29, 0.717) is 5.76 Å². The van der Waals surface area contributed by atoms with Crippen LogP contribution < -0.4 is 0 Å². The molecule has 0 radical (unpaired) electrons. The van der Waals surface area contributed by atoms with Crippen molar-refractivity contribution in [2.45, 2.75) is 6.92 Å². The molecule has 0 bridgehead atoms. The summed E-state index contributed by atoms with van der Waals surface area (Å²) in [5, 5.41) is 8.65. The van der Waals surface area contributed by atoms with Crippen LogP contribution >= 0.6 is 0 Å². The molecule has 4 nitrogen and oxygen atoms in total. The van der Waals surface area contributed by atoms with Crippen LogP contribution in [0.5, 0.6) is 0 Å². The minimum absolute atomic E-state index is 0.253. The molecule has 1 atom stereocenters. The molecule has 0 spiro atoms. The van der Waals surface area contributed by atoms with Gasteiger partial charge in [-0.15, -0.1) is 4.40 Å². The largest absolute Gasteiger partial charge is 0.493 e. The van der Waals surface area contributed by atoms with Crippen LogP contribution in [0.15, 0.2) is 16.2 Å². The normalized spacial score (nSPS) is 26.1. The number of nitrogens with zero attached hydrogens (tertiary/aromatic N) is 1. The third-order valence-electron chi connectivity index (χ3n) is 0.703. The molecule has 1 rings (SSSR count). The summed E-state index contributed by atoms with van der Waals surface area (Å²) in [6.45, 7) is 1.59. The minimum Gasteiger partial charge on any atom is -0.493 e. The number of aliphatic hydroxyl groups excluding tert-OH is 1. The van der Waals surface area contributed by atoms with Crippen LogP contribution in [0.25, 0.3) is 0 Å². The second kappa shape index (κ2) is 2.18. The highest BCUT2D eigenvalue weighted by Gasteiger charge is 2.07. The van der Waals surface area contributed by atoms with Crippen molar-refractivity contribution in [2.24, 2.45) is 4.40 Å². The molecular weight excluding hydrogens is 142 g/mol. The Bertz CT molecular complexity index is 208. The molecule has 0 saturated heterocycles. The van der Waals surface area contributed by atoms with Gasteiger partial charge in [0.25, 0.3) is 0 Å². The molecule has 1 heterocycles. The van der Waals surface area contributed by atoms with E-state index in [1.807, 2.05) is 0 Å². The fraction of sp³-hybridized carbons (Fsp3) is 0.250. The highest BCUT2D eigenvalue weighted by molar-refractivity contribution is 7.79. The van der Waals surface area contributed by atoms with Gasteiger partial charge in [0.05, 0.1) is 0 Å². The summed E-state index contributed by atoms with van der Waals surface area (Å²) in [5.74, 6) is 0.151. The van der Waals surface area contributed by atoms with Gasteiger partial charge in [-0.05, 0) is 6.92 Å². The smallest absolute Gasteiger partial charge is 0.342 e. The molecule has 0 aromatic carbocycles. The number of hydrogen-bond acceptors (Lipinski definition) is 2. The van der Waals surface area contributed by atoms with Gasteiger partial charge in [0, 0.05) is 6.08 Å². The van der Waals surface area contributed by atoms with Crippen molar-refractivity contribution in [3.8, 4) is 0 Å². The first-order chi connectivity index (χ1) is 4.18. The SMILES string of the molecule is CC1=CC(O)=NS(=O)O1. The zero-order valence-electron chi connectivity index (χ0n) is 4.70. The van der Waals surface area contributed by atoms with E-state index in [-0.39, 0.29) is 5.90 Å². The van der Waals surface area contributed by atoms with Crippen LogP contribution in [0.2, 0.25) is 0 Å². The number of allylic oxidation sites excluding steroid dienone is 1. The maximum atomic E-state index is 10.4. The van der Waals surface area contributed by atoms with Gasteiger partial charge in [0.1, 0.15) is 5.76 Å². The topological polar surface area (TPSA) is 58.9 Å². The van der Waals surface area contributed by atoms with Crippen molar-refractivity contribution in [3.05, 3.63) is 11.8 Å². The maximum absolute atomic E-state index is 10.4. The number of aliphatic hydroxyl groups is 1. The van der Waals surface area contributed by atoms with Crippen LogP contribution in [-0.2, 0) is 15.4 Å². The summed E-state index contributed by atoms with van der Waals surface area (Å²) in [6, 6.07) is 0. The molecule has 0 amide bonds. The Balaban J connectivity index is 2.86. The highest BCUT2D eigenvalue weighted by atomic mass is 32.2. The predicted molar refractivity (Wildman–Crippen MR) is 33.0 cm³/mol. The fourth-order valence-corrected chi connectivity index (χ4v) is 0.955. The van der Waals surface area contributed by atoms with Crippen LogP contribution in [0.3, 0.4) is 0 Å². The van der Waals surface area contributed by atoms with E-state index < -0.39 is 11.3 Å². The van der Waals surface area contributed by atoms with Crippen molar-refractivity contribution < 1.29 is 13.5 Å². The van der Waals surface area contributed by atoms with Gasteiger partial charge in [-0.2, -0.15) is 4.21 Å². The van der Waals surface area contributed by atoms with Gasteiger partial charge < -0.3 is 9.29 Å². The molecular formula is C4H5NO3S. The maximum Gasteiger partial charge on any atom is 0.342 e. The monoisotopic (exact) mass is 147 g/mol. The summed E-state index contributed by atoms with van der Waals surface area (Å²) >= 11 is -1.73. The average Bonchev–Trinajstić information content (AvgIpc) is 1.59. The second-order valence-corrected chi connectivity index (χ2v) is 2.29. The molecule has 0 aliphatic carbocycles. The number of rotatable bonds is 0. The van der Waals surface area contributed by atoms with Crippen LogP contribution in [0.4, 0.5) is 0 Å². The molecule has 0 saturated carbocycles. The van der Waals surface area contributed by atoms with Crippen molar-refractivity contribution in [1.29, 1.82) is 0 Å². The summed E-state index contributed by atoms with van der Waals surface area (Å²) in [5.41, 5.74) is 0. The van der Waals surface area contributed by atoms with Gasteiger partial charge in [-0.1, -0.05) is 0 Å². The lowest BCUT2D eigenvalue weighted by molar-refractivity contribution is 0.447. The molecule has 0 aromatic rings. The summed E-state index contributed by atoms with van der Waals surface area (Å²) in [7, 11) is 0. The third-order valence-corrected chi connectivity index (χ3v) is 1.44. The Labute approximate surface area is 54.7 Å². The summed E-state index contributed by atoms with van der Waals surface area (Å²) in [6.07, 6.45) is 1.29. The summed E-state index contributed by atoms with van der Waals surface area (Å²) < 4.78 is 18.1. The van der Waals surface area contributed by atoms with E-state index in [9.17, 15) is 4.21 Å². The Hall–Kier alpha value is -0.840. The minimum atomic E-state index is -1.73. The number of hydrogen-bond donors (Lipinski definition) is 1. The molecule has 9 heavy (non-hydrogen) atoms. The summed E-state index contributed by atoms with van der Waals surface area (Å²) in [4.78, 5) is 0. The van der Waals surface area contributed by atoms with E-state index in [2.05, 4.69) is 8.58 Å². The van der Waals surface area contributed by atoms with Gasteiger partial charge in [-0.25, -0.2) is 0 Å². The van der Waals surface area contributed by atoms with Crippen molar-refractivity contribution in [1.82, 2.24) is 0 Å². The Morgan fingerprint density at radius 3 is 3.00 bits per heavy atom. The zero-order chi connectivity index (χ0) is 6.85. The molecule has 1 aliphatic heterocycles. The van der Waals surface area contributed by atoms with Crippen molar-refractivity contribution in [3.63, 3.8) is 0 Å². The van der Waals surface area contributed by atoms with Gasteiger partial charge in [0.2, 0.25) is 5.90 Å². The van der Waals surface area contributed by atoms with Crippen LogP contribution in [-0.4, -0.2) is 15.2 Å². The molecule has 0 fully saturated rings. The highest BCUT2D eigenvalue weighted by Crippen LogP contribution is 2.06. The first-order valence-corrected chi connectivity index (χ1v) is 3.28. The molecule has 1 aliphatic rings. The van der Waals surface area contributed by atoms with E-state index in [1.54, 1.807) is 6.92 Å². The van der Waals surface area contributed by atoms with E-state index in [0.717, 1.165) is 0 Å². The lowest BCUT2D eigenvalue weighted by Gasteiger charge is -2.03. The quantitative estimate of drug-likeness (QED) is 0.541. The molecule has 5 heteroatoms. The van der Waals surface area contributed by atoms with Crippen molar-refractivity contribution in [2.75, 3.05) is 0 Å². The second-order valence-electron chi connectivity index (χ2n) is 1.50. The standard InChI is InChI=1S/C4H5NO3S/c1-3-2-4(6)5-9(7)8-3/h2H,1H3,(H,5,6). The van der Waals surface area contributed by atoms with Crippen LogP contribution in [0, 0.1) is 0 Å². The van der Waals surface area contributed by atoms with Gasteiger partial charge in [0.15, 0.2) is 0 Å². The van der Waals surface area contributed by atoms with E-state index in [1.165, 1.54) is 6.08 Å². The van der Waals surface area contributed by atoms with E-state index >= 15 is 0 Å². The third kappa shape index (κ3) is 1.53. The Morgan fingerprint density at radius 1 is 1.89 bits per heavy atom. The average molecular weight is 147 g/mol.